The monoisotopic (exact) mass is 436 g/mol. The molecule has 1 aliphatic rings. The minimum Gasteiger partial charge on any atom is -0.378 e. The van der Waals surface area contributed by atoms with Crippen LogP contribution in [0.4, 0.5) is 16.3 Å². The first-order valence-corrected chi connectivity index (χ1v) is 10.9. The van der Waals surface area contributed by atoms with Gasteiger partial charge in [-0.15, -0.1) is 0 Å². The molecule has 2 N–H and O–H groups in total. The smallest absolute Gasteiger partial charge is 0.319 e. The Bertz CT molecular complexity index is 1030. The molecule has 2 amide bonds. The summed E-state index contributed by atoms with van der Waals surface area (Å²) in [6.07, 6.45) is 5.21. The normalized spacial score (nSPS) is 13.6. The number of nitrogens with one attached hydrogen (secondary N) is 2. The first-order chi connectivity index (χ1) is 15.2. The third-order valence-electron chi connectivity index (χ3n) is 4.80. The van der Waals surface area contributed by atoms with Gasteiger partial charge in [-0.1, -0.05) is 0 Å². The van der Waals surface area contributed by atoms with E-state index in [-0.39, 0.29) is 6.03 Å². The lowest BCUT2D eigenvalue weighted by Crippen LogP contribution is -2.36. The van der Waals surface area contributed by atoms with Crippen molar-refractivity contribution in [2.75, 3.05) is 36.5 Å². The second kappa shape index (κ2) is 10.2. The first kappa shape index (κ1) is 21.1. The molecule has 0 unspecified atom stereocenters. The number of aromatic nitrogens is 3. The topological polar surface area (TPSA) is 92.3 Å². The van der Waals surface area contributed by atoms with Crippen LogP contribution < -0.4 is 15.5 Å². The number of aryl methyl sites for hydroxylation is 1. The number of benzene rings is 1. The van der Waals surface area contributed by atoms with Crippen LogP contribution in [0.15, 0.2) is 65.0 Å². The molecule has 9 heteroatoms. The molecule has 31 heavy (non-hydrogen) atoms. The second-order valence-corrected chi connectivity index (χ2v) is 8.08. The van der Waals surface area contributed by atoms with E-state index in [1.807, 2.05) is 37.3 Å². The number of hydrogen-bond donors (Lipinski definition) is 2. The van der Waals surface area contributed by atoms with Gasteiger partial charge in [0.05, 0.1) is 13.2 Å². The zero-order valence-electron chi connectivity index (χ0n) is 17.2. The average Bonchev–Trinajstić information content (AvgIpc) is 2.81. The summed E-state index contributed by atoms with van der Waals surface area (Å²) in [6, 6.07) is 11.3. The van der Waals surface area contributed by atoms with E-state index in [4.69, 9.17) is 4.74 Å². The summed E-state index contributed by atoms with van der Waals surface area (Å²) in [5.74, 6) is 0.911. The molecule has 2 aromatic heterocycles. The fourth-order valence-electron chi connectivity index (χ4n) is 3.17. The molecule has 0 spiro atoms. The van der Waals surface area contributed by atoms with E-state index in [9.17, 15) is 4.79 Å². The Morgan fingerprint density at radius 1 is 1.10 bits per heavy atom. The molecule has 0 bridgehead atoms. The molecule has 0 radical (unpaired) electrons. The Morgan fingerprint density at radius 2 is 1.90 bits per heavy atom. The fraction of sp³-hybridized carbons (Fsp3) is 0.273. The van der Waals surface area contributed by atoms with E-state index in [0.29, 0.717) is 24.9 Å². The molecule has 0 saturated carbocycles. The van der Waals surface area contributed by atoms with Gasteiger partial charge in [0.15, 0.2) is 5.16 Å². The lowest BCUT2D eigenvalue weighted by atomic mass is 10.2. The zero-order valence-corrected chi connectivity index (χ0v) is 18.1. The number of pyridine rings is 1. The van der Waals surface area contributed by atoms with Crippen molar-refractivity contribution < 1.29 is 9.53 Å². The van der Waals surface area contributed by atoms with E-state index in [0.717, 1.165) is 40.6 Å². The number of amides is 2. The van der Waals surface area contributed by atoms with Crippen LogP contribution in [0.2, 0.25) is 0 Å². The van der Waals surface area contributed by atoms with Gasteiger partial charge in [-0.25, -0.2) is 19.7 Å². The molecule has 160 valence electrons. The van der Waals surface area contributed by atoms with Gasteiger partial charge in [0.2, 0.25) is 0 Å². The van der Waals surface area contributed by atoms with Gasteiger partial charge in [0, 0.05) is 48.8 Å². The number of rotatable bonds is 6. The van der Waals surface area contributed by atoms with Crippen LogP contribution in [-0.2, 0) is 11.3 Å². The van der Waals surface area contributed by atoms with Crippen molar-refractivity contribution in [3.63, 3.8) is 0 Å². The molecule has 1 fully saturated rings. The van der Waals surface area contributed by atoms with Crippen molar-refractivity contribution in [1.82, 2.24) is 20.3 Å². The van der Waals surface area contributed by atoms with Crippen molar-refractivity contribution in [3.05, 3.63) is 66.1 Å². The van der Waals surface area contributed by atoms with E-state index in [2.05, 4.69) is 30.5 Å². The SMILES string of the molecule is Cc1cc(Sc2ncccn2)ccc1NC(=O)NCc1ccnc(N2CCOCC2)c1. The number of urea groups is 1. The Balaban J connectivity index is 1.31. The van der Waals surface area contributed by atoms with Crippen LogP contribution in [0, 0.1) is 6.92 Å². The van der Waals surface area contributed by atoms with Crippen molar-refractivity contribution in [3.8, 4) is 0 Å². The van der Waals surface area contributed by atoms with Crippen LogP contribution >= 0.6 is 11.8 Å². The van der Waals surface area contributed by atoms with Crippen molar-refractivity contribution >= 4 is 29.3 Å². The lowest BCUT2D eigenvalue weighted by Gasteiger charge is -2.28. The third kappa shape index (κ3) is 5.93. The summed E-state index contributed by atoms with van der Waals surface area (Å²) >= 11 is 1.48. The minimum absolute atomic E-state index is 0.250. The molecule has 1 aliphatic heterocycles. The number of ether oxygens (including phenoxy) is 1. The largest absolute Gasteiger partial charge is 0.378 e. The van der Waals surface area contributed by atoms with Gasteiger partial charge in [-0.05, 0) is 66.2 Å². The fourth-order valence-corrected chi connectivity index (χ4v) is 3.98. The van der Waals surface area contributed by atoms with Crippen LogP contribution in [0.25, 0.3) is 0 Å². The standard InChI is InChI=1S/C22H24N6O2S/c1-16-13-18(31-22-24-6-2-7-25-22)3-4-19(16)27-21(29)26-15-17-5-8-23-20(14-17)28-9-11-30-12-10-28/h2-8,13-14H,9-12,15H2,1H3,(H2,26,27,29). The van der Waals surface area contributed by atoms with Crippen LogP contribution in [-0.4, -0.2) is 47.3 Å². The van der Waals surface area contributed by atoms with E-state index in [1.54, 1.807) is 24.7 Å². The number of morpholine rings is 1. The Kier molecular flexibility index (Phi) is 6.96. The molecular formula is C22H24N6O2S. The predicted molar refractivity (Wildman–Crippen MR) is 120 cm³/mol. The van der Waals surface area contributed by atoms with Gasteiger partial charge < -0.3 is 20.3 Å². The van der Waals surface area contributed by atoms with E-state index < -0.39 is 0 Å². The summed E-state index contributed by atoms with van der Waals surface area (Å²) in [6.45, 7) is 5.46. The Hall–Kier alpha value is -3.17. The molecule has 0 atom stereocenters. The highest BCUT2D eigenvalue weighted by Gasteiger charge is 2.13. The molecular weight excluding hydrogens is 412 g/mol. The maximum atomic E-state index is 12.4. The second-order valence-electron chi connectivity index (χ2n) is 7.04. The summed E-state index contributed by atoms with van der Waals surface area (Å²) in [4.78, 5) is 28.5. The predicted octanol–water partition coefficient (Wildman–Crippen LogP) is 3.49. The van der Waals surface area contributed by atoms with Gasteiger partial charge in [0.1, 0.15) is 5.82 Å². The number of nitrogens with zero attached hydrogens (tertiary/aromatic N) is 4. The molecule has 0 aliphatic carbocycles. The highest BCUT2D eigenvalue weighted by molar-refractivity contribution is 7.99. The molecule has 8 nitrogen and oxygen atoms in total. The molecule has 1 saturated heterocycles. The molecule has 4 rings (SSSR count). The summed E-state index contributed by atoms with van der Waals surface area (Å²) in [5, 5.41) is 6.52. The van der Waals surface area contributed by atoms with E-state index in [1.165, 1.54) is 11.8 Å². The van der Waals surface area contributed by atoms with Crippen LogP contribution in [0.3, 0.4) is 0 Å². The van der Waals surface area contributed by atoms with Crippen molar-refractivity contribution in [2.24, 2.45) is 0 Å². The Morgan fingerprint density at radius 3 is 2.68 bits per heavy atom. The Labute approximate surface area is 185 Å². The van der Waals surface area contributed by atoms with Gasteiger partial charge in [0.25, 0.3) is 0 Å². The number of anilines is 2. The number of hydrogen-bond acceptors (Lipinski definition) is 7. The van der Waals surface area contributed by atoms with Crippen molar-refractivity contribution in [2.45, 2.75) is 23.5 Å². The molecule has 3 aromatic rings. The summed E-state index contributed by atoms with van der Waals surface area (Å²) in [7, 11) is 0. The third-order valence-corrected chi connectivity index (χ3v) is 5.68. The highest BCUT2D eigenvalue weighted by atomic mass is 32.2. The summed E-state index contributed by atoms with van der Waals surface area (Å²) in [5.41, 5.74) is 2.73. The van der Waals surface area contributed by atoms with Crippen molar-refractivity contribution in [1.29, 1.82) is 0 Å². The summed E-state index contributed by atoms with van der Waals surface area (Å²) < 4.78 is 5.39. The maximum Gasteiger partial charge on any atom is 0.319 e. The molecule has 1 aromatic carbocycles. The zero-order chi connectivity index (χ0) is 21.5. The maximum absolute atomic E-state index is 12.4. The van der Waals surface area contributed by atoms with Crippen LogP contribution in [0.5, 0.6) is 0 Å². The van der Waals surface area contributed by atoms with Gasteiger partial charge in [-0.2, -0.15) is 0 Å². The van der Waals surface area contributed by atoms with Gasteiger partial charge >= 0.3 is 6.03 Å². The quantitative estimate of drug-likeness (QED) is 0.572. The van der Waals surface area contributed by atoms with E-state index >= 15 is 0 Å². The average molecular weight is 437 g/mol. The first-order valence-electron chi connectivity index (χ1n) is 10.1. The van der Waals surface area contributed by atoms with Gasteiger partial charge in [-0.3, -0.25) is 0 Å². The number of carbonyl (C=O) groups is 1. The highest BCUT2D eigenvalue weighted by Crippen LogP contribution is 2.27. The molecule has 3 heterocycles. The lowest BCUT2D eigenvalue weighted by molar-refractivity contribution is 0.122. The van der Waals surface area contributed by atoms with Crippen LogP contribution in [0.1, 0.15) is 11.1 Å². The number of carbonyl (C=O) groups excluding carboxylic acids is 1. The minimum atomic E-state index is -0.250.